The van der Waals surface area contributed by atoms with Crippen molar-refractivity contribution in [2.24, 2.45) is 0 Å². The number of amides is 2. The van der Waals surface area contributed by atoms with Crippen molar-refractivity contribution in [1.82, 2.24) is 4.98 Å². The van der Waals surface area contributed by atoms with Crippen LogP contribution in [0.1, 0.15) is 11.3 Å². The largest absolute Gasteiger partial charge is 0.487 e. The van der Waals surface area contributed by atoms with Crippen molar-refractivity contribution in [3.05, 3.63) is 83.9 Å². The van der Waals surface area contributed by atoms with E-state index in [2.05, 4.69) is 10.3 Å². The number of para-hydroxylation sites is 1. The number of urea groups is 1. The van der Waals surface area contributed by atoms with Crippen molar-refractivity contribution in [1.29, 1.82) is 0 Å². The van der Waals surface area contributed by atoms with Gasteiger partial charge in [0.15, 0.2) is 0 Å². The third-order valence-electron chi connectivity index (χ3n) is 4.17. The minimum Gasteiger partial charge on any atom is -0.487 e. The summed E-state index contributed by atoms with van der Waals surface area (Å²) < 4.78 is 19.3. The summed E-state index contributed by atoms with van der Waals surface area (Å²) in [5.41, 5.74) is 2.80. The molecule has 0 aliphatic carbocycles. The van der Waals surface area contributed by atoms with Gasteiger partial charge in [0, 0.05) is 23.6 Å². The maximum atomic E-state index is 13.7. The Labute approximate surface area is 150 Å². The van der Waals surface area contributed by atoms with Crippen molar-refractivity contribution >= 4 is 17.4 Å². The van der Waals surface area contributed by atoms with Gasteiger partial charge < -0.3 is 10.1 Å². The molecule has 0 fully saturated rings. The number of anilines is 2. The first-order valence-electron chi connectivity index (χ1n) is 8.19. The van der Waals surface area contributed by atoms with Crippen LogP contribution in [0.4, 0.5) is 20.6 Å². The number of aromatic nitrogens is 1. The summed E-state index contributed by atoms with van der Waals surface area (Å²) in [6, 6.07) is 17.5. The van der Waals surface area contributed by atoms with Crippen molar-refractivity contribution in [3.63, 3.8) is 0 Å². The summed E-state index contributed by atoms with van der Waals surface area (Å²) in [6.45, 7) is 0.492. The fourth-order valence-electron chi connectivity index (χ4n) is 2.83. The van der Waals surface area contributed by atoms with E-state index in [1.807, 2.05) is 30.3 Å². The molecule has 0 spiro atoms. The summed E-state index contributed by atoms with van der Waals surface area (Å²) in [6.07, 6.45) is 1.52. The monoisotopic (exact) mass is 349 g/mol. The Kier molecular flexibility index (Phi) is 4.23. The third-order valence-corrected chi connectivity index (χ3v) is 4.17. The fraction of sp³-hybridized carbons (Fsp3) is 0.100. The van der Waals surface area contributed by atoms with E-state index >= 15 is 0 Å². The van der Waals surface area contributed by atoms with E-state index in [-0.39, 0.29) is 18.3 Å². The number of fused-ring (bicyclic) bond motifs is 1. The molecule has 1 aliphatic heterocycles. The van der Waals surface area contributed by atoms with Crippen LogP contribution in [-0.2, 0) is 13.2 Å². The molecule has 26 heavy (non-hydrogen) atoms. The van der Waals surface area contributed by atoms with Gasteiger partial charge in [0.2, 0.25) is 0 Å². The number of nitrogens with one attached hydrogen (secondary N) is 1. The molecule has 4 rings (SSSR count). The van der Waals surface area contributed by atoms with Crippen LogP contribution >= 0.6 is 0 Å². The average molecular weight is 349 g/mol. The maximum absolute atomic E-state index is 13.7. The van der Waals surface area contributed by atoms with E-state index in [0.717, 1.165) is 11.3 Å². The second kappa shape index (κ2) is 6.84. The molecule has 1 aliphatic rings. The van der Waals surface area contributed by atoms with E-state index < -0.39 is 5.82 Å². The molecular formula is C20H16FN3O2. The average Bonchev–Trinajstić information content (AvgIpc) is 2.67. The van der Waals surface area contributed by atoms with Gasteiger partial charge in [-0.05, 0) is 35.9 Å². The second-order valence-corrected chi connectivity index (χ2v) is 5.89. The molecule has 3 aromatic rings. The number of hydrogen-bond donors (Lipinski definition) is 1. The molecule has 0 saturated heterocycles. The first kappa shape index (κ1) is 16.1. The van der Waals surface area contributed by atoms with Gasteiger partial charge in [-0.1, -0.05) is 24.3 Å². The molecule has 0 saturated carbocycles. The molecule has 2 heterocycles. The topological polar surface area (TPSA) is 54.5 Å². The van der Waals surface area contributed by atoms with Gasteiger partial charge in [0.25, 0.3) is 0 Å². The van der Waals surface area contributed by atoms with Gasteiger partial charge in [-0.25, -0.2) is 9.18 Å². The molecule has 0 radical (unpaired) electrons. The van der Waals surface area contributed by atoms with Crippen LogP contribution < -0.4 is 15.0 Å². The van der Waals surface area contributed by atoms with E-state index in [0.29, 0.717) is 18.0 Å². The van der Waals surface area contributed by atoms with Crippen LogP contribution in [0.5, 0.6) is 5.75 Å². The summed E-state index contributed by atoms with van der Waals surface area (Å²) in [5, 5.41) is 2.88. The first-order valence-corrected chi connectivity index (χ1v) is 8.19. The van der Waals surface area contributed by atoms with Crippen LogP contribution in [0, 0.1) is 5.82 Å². The van der Waals surface area contributed by atoms with E-state index in [4.69, 9.17) is 4.74 Å². The molecule has 6 heteroatoms. The lowest BCUT2D eigenvalue weighted by Crippen LogP contribution is -2.38. The quantitative estimate of drug-likeness (QED) is 0.762. The standard InChI is InChI=1S/C20H16FN3O2/c21-17-8-4-10-22-19(17)13-26-16-7-3-6-15(11-16)24-12-14-5-1-2-9-18(14)23-20(24)25/h1-11H,12-13H2,(H,23,25). The minimum atomic E-state index is -0.407. The summed E-state index contributed by atoms with van der Waals surface area (Å²) in [7, 11) is 0. The Morgan fingerprint density at radius 1 is 1.12 bits per heavy atom. The zero-order chi connectivity index (χ0) is 17.9. The molecular weight excluding hydrogens is 333 g/mol. The summed E-state index contributed by atoms with van der Waals surface area (Å²) >= 11 is 0. The molecule has 1 N–H and O–H groups in total. The number of rotatable bonds is 4. The molecule has 0 atom stereocenters. The number of benzene rings is 2. The predicted molar refractivity (Wildman–Crippen MR) is 96.6 cm³/mol. The van der Waals surface area contributed by atoms with Crippen LogP contribution in [0.25, 0.3) is 0 Å². The van der Waals surface area contributed by atoms with E-state index in [1.165, 1.54) is 18.3 Å². The van der Waals surface area contributed by atoms with Crippen LogP contribution in [0.2, 0.25) is 0 Å². The molecule has 1 aromatic heterocycles. The Morgan fingerprint density at radius 3 is 2.88 bits per heavy atom. The maximum Gasteiger partial charge on any atom is 0.326 e. The molecule has 0 bridgehead atoms. The van der Waals surface area contributed by atoms with Gasteiger partial charge in [-0.2, -0.15) is 0 Å². The van der Waals surface area contributed by atoms with Gasteiger partial charge >= 0.3 is 6.03 Å². The highest BCUT2D eigenvalue weighted by atomic mass is 19.1. The molecule has 2 aromatic carbocycles. The highest BCUT2D eigenvalue weighted by Crippen LogP contribution is 2.29. The SMILES string of the molecule is O=C1Nc2ccccc2CN1c1cccc(OCc2ncccc2F)c1. The van der Waals surface area contributed by atoms with Gasteiger partial charge in [-0.3, -0.25) is 9.88 Å². The lowest BCUT2D eigenvalue weighted by atomic mass is 10.1. The zero-order valence-corrected chi connectivity index (χ0v) is 13.9. The normalized spacial score (nSPS) is 13.1. The van der Waals surface area contributed by atoms with Crippen molar-refractivity contribution < 1.29 is 13.9 Å². The zero-order valence-electron chi connectivity index (χ0n) is 13.9. The lowest BCUT2D eigenvalue weighted by molar-refractivity contribution is 0.256. The van der Waals surface area contributed by atoms with Crippen molar-refractivity contribution in [2.45, 2.75) is 13.2 Å². The van der Waals surface area contributed by atoms with E-state index in [1.54, 1.807) is 23.1 Å². The van der Waals surface area contributed by atoms with Crippen LogP contribution in [0.15, 0.2) is 66.9 Å². The highest BCUT2D eigenvalue weighted by molar-refractivity contribution is 6.04. The smallest absolute Gasteiger partial charge is 0.326 e. The molecule has 0 unspecified atom stereocenters. The van der Waals surface area contributed by atoms with Crippen molar-refractivity contribution in [3.8, 4) is 5.75 Å². The Hall–Kier alpha value is -3.41. The van der Waals surface area contributed by atoms with Gasteiger partial charge in [-0.15, -0.1) is 0 Å². The molecule has 2 amide bonds. The molecule has 5 nitrogen and oxygen atoms in total. The van der Waals surface area contributed by atoms with E-state index in [9.17, 15) is 9.18 Å². The van der Waals surface area contributed by atoms with Gasteiger partial charge in [0.1, 0.15) is 23.9 Å². The Bertz CT molecular complexity index is 961. The fourth-order valence-corrected chi connectivity index (χ4v) is 2.83. The number of carbonyl (C=O) groups is 1. The number of hydrogen-bond acceptors (Lipinski definition) is 3. The first-order chi connectivity index (χ1) is 12.7. The van der Waals surface area contributed by atoms with Gasteiger partial charge in [0.05, 0.1) is 6.54 Å². The lowest BCUT2D eigenvalue weighted by Gasteiger charge is -2.29. The number of nitrogens with zero attached hydrogens (tertiary/aromatic N) is 2. The second-order valence-electron chi connectivity index (χ2n) is 5.89. The van der Waals surface area contributed by atoms with Crippen LogP contribution in [0.3, 0.4) is 0 Å². The summed E-state index contributed by atoms with van der Waals surface area (Å²) in [5.74, 6) is 0.134. The number of ether oxygens (including phenoxy) is 1. The predicted octanol–water partition coefficient (Wildman–Crippen LogP) is 4.35. The van der Waals surface area contributed by atoms with Crippen LogP contribution in [-0.4, -0.2) is 11.0 Å². The Morgan fingerprint density at radius 2 is 2.00 bits per heavy atom. The number of carbonyl (C=O) groups excluding carboxylic acids is 1. The molecule has 130 valence electrons. The minimum absolute atomic E-state index is 0.0190. The third kappa shape index (κ3) is 3.21. The Balaban J connectivity index is 1.53. The summed E-state index contributed by atoms with van der Waals surface area (Å²) in [4.78, 5) is 18.0. The number of pyridine rings is 1. The highest BCUT2D eigenvalue weighted by Gasteiger charge is 2.23. The van der Waals surface area contributed by atoms with Crippen molar-refractivity contribution in [2.75, 3.05) is 10.2 Å². The number of halogens is 1.